The van der Waals surface area contributed by atoms with Crippen molar-refractivity contribution in [3.05, 3.63) is 98.8 Å². The summed E-state index contributed by atoms with van der Waals surface area (Å²) in [7, 11) is 0. The van der Waals surface area contributed by atoms with Crippen molar-refractivity contribution in [2.75, 3.05) is 6.26 Å². The Kier molecular flexibility index (Phi) is 7.07. The van der Waals surface area contributed by atoms with Gasteiger partial charge in [0.15, 0.2) is 0 Å². The van der Waals surface area contributed by atoms with Gasteiger partial charge in [0.25, 0.3) is 5.56 Å². The Morgan fingerprint density at radius 1 is 1.03 bits per heavy atom. The van der Waals surface area contributed by atoms with Crippen LogP contribution in [0.5, 0.6) is 0 Å². The average molecular weight is 533 g/mol. The van der Waals surface area contributed by atoms with Crippen molar-refractivity contribution < 1.29 is 22.0 Å². The highest BCUT2D eigenvalue weighted by atomic mass is 32.2. The van der Waals surface area contributed by atoms with Crippen LogP contribution in [0.3, 0.4) is 0 Å². The fraction of sp³-hybridized carbons (Fsp3) is 0.154. The van der Waals surface area contributed by atoms with Crippen molar-refractivity contribution in [2.45, 2.75) is 24.5 Å². The predicted octanol–water partition coefficient (Wildman–Crippen LogP) is 7.49. The molecular weight excluding hydrogens is 515 g/mol. The third-order valence-corrected chi connectivity index (χ3v) is 7.65. The largest absolute Gasteiger partial charge is 0.417 e. The standard InChI is InChI=1S/C26H17F5N2OS2/c1-14-3-4-15(9-24(14)35-2)22-7-8-23(36-22)21-11-19(26(29,30)31)18(12-32)25(34)33(21)13-16-5-6-17(27)10-20(16)28/h3-11H,13H2,1-2H3. The van der Waals surface area contributed by atoms with Crippen LogP contribution in [0.15, 0.2) is 64.3 Å². The molecule has 0 aliphatic rings. The number of benzene rings is 2. The molecule has 2 heterocycles. The molecule has 184 valence electrons. The first kappa shape index (κ1) is 25.7. The Bertz CT molecular complexity index is 1560. The van der Waals surface area contributed by atoms with Crippen molar-refractivity contribution >= 4 is 23.1 Å². The zero-order valence-corrected chi connectivity index (χ0v) is 20.5. The van der Waals surface area contributed by atoms with Gasteiger partial charge in [0.2, 0.25) is 0 Å². The van der Waals surface area contributed by atoms with E-state index in [-0.39, 0.29) is 11.3 Å². The minimum absolute atomic E-state index is 0.108. The number of hydrogen-bond acceptors (Lipinski definition) is 4. The smallest absolute Gasteiger partial charge is 0.302 e. The van der Waals surface area contributed by atoms with Gasteiger partial charge in [-0.05, 0) is 54.6 Å². The van der Waals surface area contributed by atoms with Crippen LogP contribution in [0.4, 0.5) is 22.0 Å². The molecular formula is C26H17F5N2OS2. The first-order chi connectivity index (χ1) is 17.0. The molecule has 4 rings (SSSR count). The lowest BCUT2D eigenvalue weighted by atomic mass is 10.1. The molecule has 4 aromatic rings. The number of rotatable bonds is 5. The molecule has 0 bridgehead atoms. The van der Waals surface area contributed by atoms with E-state index < -0.39 is 41.0 Å². The molecule has 0 saturated carbocycles. The number of nitrogens with zero attached hydrogens (tertiary/aromatic N) is 2. The van der Waals surface area contributed by atoms with Gasteiger partial charge < -0.3 is 4.57 Å². The molecule has 0 aliphatic heterocycles. The summed E-state index contributed by atoms with van der Waals surface area (Å²) in [6.45, 7) is 1.49. The number of thioether (sulfide) groups is 1. The first-order valence-electron chi connectivity index (χ1n) is 10.5. The number of hydrogen-bond donors (Lipinski definition) is 0. The second-order valence-electron chi connectivity index (χ2n) is 7.90. The summed E-state index contributed by atoms with van der Waals surface area (Å²) >= 11 is 2.73. The van der Waals surface area contributed by atoms with Gasteiger partial charge in [-0.25, -0.2) is 8.78 Å². The lowest BCUT2D eigenvalue weighted by Crippen LogP contribution is -2.28. The van der Waals surface area contributed by atoms with Crippen molar-refractivity contribution in [3.8, 4) is 27.1 Å². The summed E-state index contributed by atoms with van der Waals surface area (Å²) in [6, 6.07) is 13.9. The zero-order valence-electron chi connectivity index (χ0n) is 18.9. The Morgan fingerprint density at radius 2 is 1.75 bits per heavy atom. The number of aryl methyl sites for hydroxylation is 1. The monoisotopic (exact) mass is 532 g/mol. The van der Waals surface area contributed by atoms with Gasteiger partial charge in [-0.15, -0.1) is 23.1 Å². The Labute approximate surface area is 211 Å². The Hall–Kier alpha value is -3.42. The van der Waals surface area contributed by atoms with Crippen LogP contribution in [0, 0.1) is 29.9 Å². The number of thiophene rings is 1. The number of halogens is 5. The van der Waals surface area contributed by atoms with Crippen LogP contribution in [0.1, 0.15) is 22.3 Å². The second kappa shape index (κ2) is 9.91. The molecule has 0 radical (unpaired) electrons. The fourth-order valence-corrected chi connectivity index (χ4v) is 5.43. The SMILES string of the molecule is CSc1cc(-c2ccc(-c3cc(C(F)(F)F)c(C#N)c(=O)n3Cc3ccc(F)cc3F)s2)ccc1C. The van der Waals surface area contributed by atoms with Crippen LogP contribution >= 0.6 is 23.1 Å². The maximum Gasteiger partial charge on any atom is 0.417 e. The second-order valence-corrected chi connectivity index (χ2v) is 9.83. The topological polar surface area (TPSA) is 45.8 Å². The summed E-state index contributed by atoms with van der Waals surface area (Å²) in [5.41, 5.74) is -1.96. The van der Waals surface area contributed by atoms with Crippen LogP contribution in [0.2, 0.25) is 0 Å². The van der Waals surface area contributed by atoms with Gasteiger partial charge in [0, 0.05) is 21.4 Å². The van der Waals surface area contributed by atoms with E-state index in [0.29, 0.717) is 10.9 Å². The molecule has 0 saturated heterocycles. The van der Waals surface area contributed by atoms with E-state index in [0.717, 1.165) is 55.0 Å². The summed E-state index contributed by atoms with van der Waals surface area (Å²) in [5.74, 6) is -1.79. The van der Waals surface area contributed by atoms with E-state index in [1.807, 2.05) is 31.4 Å². The van der Waals surface area contributed by atoms with Crippen molar-refractivity contribution in [1.82, 2.24) is 4.57 Å². The molecule has 0 spiro atoms. The molecule has 0 unspecified atom stereocenters. The lowest BCUT2D eigenvalue weighted by Gasteiger charge is -2.17. The van der Waals surface area contributed by atoms with E-state index in [2.05, 4.69) is 0 Å². The van der Waals surface area contributed by atoms with E-state index in [9.17, 15) is 32.0 Å². The third kappa shape index (κ3) is 4.94. The molecule has 3 nitrogen and oxygen atoms in total. The van der Waals surface area contributed by atoms with E-state index in [1.165, 1.54) is 6.07 Å². The van der Waals surface area contributed by atoms with Gasteiger partial charge in [0.1, 0.15) is 23.3 Å². The van der Waals surface area contributed by atoms with Crippen molar-refractivity contribution in [1.29, 1.82) is 5.26 Å². The Balaban J connectivity index is 1.92. The highest BCUT2D eigenvalue weighted by Gasteiger charge is 2.36. The molecule has 0 N–H and O–H groups in total. The summed E-state index contributed by atoms with van der Waals surface area (Å²) in [6.07, 6.45) is -3.02. The number of nitriles is 1. The quantitative estimate of drug-likeness (QED) is 0.198. The summed E-state index contributed by atoms with van der Waals surface area (Å²) in [5, 5.41) is 9.34. The average Bonchev–Trinajstić information content (AvgIpc) is 3.31. The molecule has 0 atom stereocenters. The number of alkyl halides is 3. The number of aromatic nitrogens is 1. The van der Waals surface area contributed by atoms with E-state index in [4.69, 9.17) is 0 Å². The van der Waals surface area contributed by atoms with Crippen molar-refractivity contribution in [2.24, 2.45) is 0 Å². The van der Waals surface area contributed by atoms with Crippen LogP contribution in [-0.4, -0.2) is 10.8 Å². The van der Waals surface area contributed by atoms with Crippen molar-refractivity contribution in [3.63, 3.8) is 0 Å². The lowest BCUT2D eigenvalue weighted by molar-refractivity contribution is -0.137. The Morgan fingerprint density at radius 3 is 2.39 bits per heavy atom. The molecule has 10 heteroatoms. The fourth-order valence-electron chi connectivity index (χ4n) is 3.76. The van der Waals surface area contributed by atoms with Gasteiger partial charge in [-0.2, -0.15) is 18.4 Å². The van der Waals surface area contributed by atoms with Gasteiger partial charge in [0.05, 0.1) is 22.7 Å². The highest BCUT2D eigenvalue weighted by molar-refractivity contribution is 7.98. The van der Waals surface area contributed by atoms with E-state index >= 15 is 0 Å². The molecule has 0 fully saturated rings. The molecule has 36 heavy (non-hydrogen) atoms. The van der Waals surface area contributed by atoms with Gasteiger partial charge in [-0.1, -0.05) is 18.2 Å². The maximum absolute atomic E-state index is 14.4. The maximum atomic E-state index is 14.4. The minimum atomic E-state index is -4.95. The summed E-state index contributed by atoms with van der Waals surface area (Å²) in [4.78, 5) is 15.2. The first-order valence-corrected chi connectivity index (χ1v) is 12.5. The normalized spacial score (nSPS) is 11.5. The van der Waals surface area contributed by atoms with Gasteiger partial charge >= 0.3 is 6.18 Å². The molecule has 0 amide bonds. The minimum Gasteiger partial charge on any atom is -0.302 e. The summed E-state index contributed by atoms with van der Waals surface area (Å²) < 4.78 is 70.0. The van der Waals surface area contributed by atoms with Gasteiger partial charge in [-0.3, -0.25) is 4.79 Å². The van der Waals surface area contributed by atoms with E-state index in [1.54, 1.807) is 23.9 Å². The molecule has 0 aliphatic carbocycles. The van der Waals surface area contributed by atoms with Crippen LogP contribution in [-0.2, 0) is 12.7 Å². The number of pyridine rings is 1. The third-order valence-electron chi connectivity index (χ3n) is 5.61. The zero-order chi connectivity index (χ0) is 26.2. The highest BCUT2D eigenvalue weighted by Crippen LogP contribution is 2.39. The molecule has 2 aromatic carbocycles. The van der Waals surface area contributed by atoms with Crippen LogP contribution in [0.25, 0.3) is 21.0 Å². The predicted molar refractivity (Wildman–Crippen MR) is 131 cm³/mol. The molecule has 2 aromatic heterocycles. The van der Waals surface area contributed by atoms with Crippen LogP contribution < -0.4 is 5.56 Å².